The number of carbonyl (C=O) groups is 3. The van der Waals surface area contributed by atoms with Gasteiger partial charge in [-0.1, -0.05) is 0 Å². The number of nitrogens with zero attached hydrogens (tertiary/aromatic N) is 3. The summed E-state index contributed by atoms with van der Waals surface area (Å²) in [5.41, 5.74) is 1.17. The topological polar surface area (TPSA) is 98.4 Å². The average molecular weight is 293 g/mol. The molecule has 2 N–H and O–H groups in total. The number of likely N-dealkylation sites (N-methyl/N-ethyl adjacent to an activating group) is 1. The number of H-pyrrole nitrogens is 1. The molecule has 2 heterocycles. The van der Waals surface area contributed by atoms with E-state index in [1.807, 2.05) is 0 Å². The van der Waals surface area contributed by atoms with Gasteiger partial charge in [0.05, 0.1) is 18.3 Å². The Bertz CT molecular complexity index is 568. The molecule has 0 radical (unpaired) electrons. The van der Waals surface area contributed by atoms with Gasteiger partial charge in [0.2, 0.25) is 11.8 Å². The maximum Gasteiger partial charge on any atom is 0.257 e. The molecular formula is C13H19N5O3. The molecule has 1 aliphatic heterocycles. The molecule has 1 fully saturated rings. The summed E-state index contributed by atoms with van der Waals surface area (Å²) in [5.74, 6) is -0.625. The maximum atomic E-state index is 12.4. The van der Waals surface area contributed by atoms with Crippen LogP contribution in [0.4, 0.5) is 0 Å². The van der Waals surface area contributed by atoms with E-state index in [1.165, 1.54) is 25.1 Å². The Labute approximate surface area is 122 Å². The summed E-state index contributed by atoms with van der Waals surface area (Å²) in [6, 6.07) is -0.655. The van der Waals surface area contributed by atoms with Gasteiger partial charge in [-0.25, -0.2) is 0 Å². The predicted molar refractivity (Wildman–Crippen MR) is 74.5 cm³/mol. The Balaban J connectivity index is 2.18. The van der Waals surface area contributed by atoms with Crippen molar-refractivity contribution in [2.45, 2.75) is 19.9 Å². The minimum atomic E-state index is -0.655. The van der Waals surface area contributed by atoms with Crippen molar-refractivity contribution in [1.82, 2.24) is 25.3 Å². The van der Waals surface area contributed by atoms with Gasteiger partial charge in [0.25, 0.3) is 5.91 Å². The van der Waals surface area contributed by atoms with Crippen LogP contribution < -0.4 is 5.32 Å². The molecule has 8 heteroatoms. The van der Waals surface area contributed by atoms with Gasteiger partial charge in [-0.15, -0.1) is 0 Å². The molecule has 1 atom stereocenters. The highest BCUT2D eigenvalue weighted by atomic mass is 16.2. The molecule has 1 aromatic heterocycles. The molecule has 8 nitrogen and oxygen atoms in total. The lowest BCUT2D eigenvalue weighted by atomic mass is 10.1. The number of aromatic amines is 1. The number of carbonyl (C=O) groups excluding carboxylic acids is 3. The van der Waals surface area contributed by atoms with Crippen molar-refractivity contribution in [2.75, 3.05) is 26.7 Å². The Morgan fingerprint density at radius 2 is 2.10 bits per heavy atom. The zero-order valence-corrected chi connectivity index (χ0v) is 12.3. The largest absolute Gasteiger partial charge is 0.357 e. The first-order chi connectivity index (χ1) is 9.95. The number of amides is 3. The summed E-state index contributed by atoms with van der Waals surface area (Å²) in [4.78, 5) is 39.1. The first-order valence-electron chi connectivity index (χ1n) is 6.73. The van der Waals surface area contributed by atoms with Gasteiger partial charge < -0.3 is 15.1 Å². The summed E-state index contributed by atoms with van der Waals surface area (Å²) >= 11 is 0. The smallest absolute Gasteiger partial charge is 0.257 e. The summed E-state index contributed by atoms with van der Waals surface area (Å²) in [6.07, 6.45) is 1.48. The summed E-state index contributed by atoms with van der Waals surface area (Å²) in [6.45, 7) is 4.12. The van der Waals surface area contributed by atoms with E-state index in [2.05, 4.69) is 15.5 Å². The molecule has 0 aliphatic carbocycles. The molecule has 0 aromatic carbocycles. The van der Waals surface area contributed by atoms with E-state index in [-0.39, 0.29) is 24.3 Å². The van der Waals surface area contributed by atoms with Gasteiger partial charge in [0.1, 0.15) is 6.04 Å². The summed E-state index contributed by atoms with van der Waals surface area (Å²) in [5, 5.41) is 9.09. The summed E-state index contributed by atoms with van der Waals surface area (Å²) < 4.78 is 0. The number of aryl methyl sites for hydroxylation is 1. The average Bonchev–Trinajstić information content (AvgIpc) is 2.91. The van der Waals surface area contributed by atoms with E-state index < -0.39 is 6.04 Å². The molecule has 1 saturated heterocycles. The zero-order chi connectivity index (χ0) is 15.6. The molecule has 21 heavy (non-hydrogen) atoms. The van der Waals surface area contributed by atoms with Gasteiger partial charge in [0.15, 0.2) is 0 Å². The molecule has 3 amide bonds. The second kappa shape index (κ2) is 5.94. The lowest BCUT2D eigenvalue weighted by Gasteiger charge is -2.39. The predicted octanol–water partition coefficient (Wildman–Crippen LogP) is -0.863. The highest BCUT2D eigenvalue weighted by molar-refractivity contribution is 5.96. The SMILES string of the molecule is CNC(=O)C1CN(C(=O)c2cn[nH]c2C)CCN1C(C)=O. The second-order valence-corrected chi connectivity index (χ2v) is 5.00. The monoisotopic (exact) mass is 293 g/mol. The Hall–Kier alpha value is -2.38. The van der Waals surface area contributed by atoms with Crippen molar-refractivity contribution in [1.29, 1.82) is 0 Å². The van der Waals surface area contributed by atoms with Crippen LogP contribution in [0.2, 0.25) is 0 Å². The molecule has 0 saturated carbocycles. The number of piperazine rings is 1. The van der Waals surface area contributed by atoms with Crippen LogP contribution in [0, 0.1) is 6.92 Å². The van der Waals surface area contributed by atoms with Crippen molar-refractivity contribution in [3.8, 4) is 0 Å². The van der Waals surface area contributed by atoms with Crippen LogP contribution in [0.5, 0.6) is 0 Å². The zero-order valence-electron chi connectivity index (χ0n) is 12.3. The van der Waals surface area contributed by atoms with Crippen LogP contribution in [-0.4, -0.2) is 70.4 Å². The minimum Gasteiger partial charge on any atom is -0.357 e. The minimum absolute atomic E-state index is 0.171. The quantitative estimate of drug-likeness (QED) is 0.741. The molecule has 2 rings (SSSR count). The molecule has 114 valence electrons. The van der Waals surface area contributed by atoms with E-state index in [4.69, 9.17) is 0 Å². The molecule has 0 bridgehead atoms. The van der Waals surface area contributed by atoms with E-state index in [9.17, 15) is 14.4 Å². The van der Waals surface area contributed by atoms with Crippen LogP contribution in [0.1, 0.15) is 23.0 Å². The van der Waals surface area contributed by atoms with Gasteiger partial charge in [-0.05, 0) is 6.92 Å². The second-order valence-electron chi connectivity index (χ2n) is 5.00. The third-order valence-corrected chi connectivity index (χ3v) is 3.68. The van der Waals surface area contributed by atoms with Crippen LogP contribution in [-0.2, 0) is 9.59 Å². The van der Waals surface area contributed by atoms with Crippen molar-refractivity contribution >= 4 is 17.7 Å². The molecule has 1 aromatic rings. The first kappa shape index (κ1) is 15.0. The number of hydrogen-bond acceptors (Lipinski definition) is 4. The van der Waals surface area contributed by atoms with Crippen LogP contribution in [0.25, 0.3) is 0 Å². The first-order valence-corrected chi connectivity index (χ1v) is 6.73. The normalized spacial score (nSPS) is 18.5. The highest BCUT2D eigenvalue weighted by Gasteiger charge is 2.35. The van der Waals surface area contributed by atoms with Crippen molar-refractivity contribution in [3.05, 3.63) is 17.5 Å². The van der Waals surface area contributed by atoms with Crippen molar-refractivity contribution < 1.29 is 14.4 Å². The van der Waals surface area contributed by atoms with Crippen LogP contribution >= 0.6 is 0 Å². The van der Waals surface area contributed by atoms with Crippen LogP contribution in [0.15, 0.2) is 6.20 Å². The van der Waals surface area contributed by atoms with Crippen molar-refractivity contribution in [2.24, 2.45) is 0 Å². The van der Waals surface area contributed by atoms with Gasteiger partial charge in [0, 0.05) is 32.8 Å². The van der Waals surface area contributed by atoms with Gasteiger partial charge >= 0.3 is 0 Å². The van der Waals surface area contributed by atoms with E-state index in [0.717, 1.165) is 0 Å². The van der Waals surface area contributed by atoms with Gasteiger partial charge in [-0.2, -0.15) is 5.10 Å². The lowest BCUT2D eigenvalue weighted by Crippen LogP contribution is -2.60. The Kier molecular flexibility index (Phi) is 4.25. The van der Waals surface area contributed by atoms with Crippen molar-refractivity contribution in [3.63, 3.8) is 0 Å². The fourth-order valence-electron chi connectivity index (χ4n) is 2.47. The van der Waals surface area contributed by atoms with Crippen LogP contribution in [0.3, 0.4) is 0 Å². The number of nitrogens with one attached hydrogen (secondary N) is 2. The van der Waals surface area contributed by atoms with E-state index >= 15 is 0 Å². The van der Waals surface area contributed by atoms with E-state index in [0.29, 0.717) is 24.3 Å². The highest BCUT2D eigenvalue weighted by Crippen LogP contribution is 2.15. The third kappa shape index (κ3) is 2.88. The molecule has 1 aliphatic rings. The third-order valence-electron chi connectivity index (χ3n) is 3.68. The molecular weight excluding hydrogens is 274 g/mol. The number of hydrogen-bond donors (Lipinski definition) is 2. The molecule has 0 spiro atoms. The van der Waals surface area contributed by atoms with E-state index in [1.54, 1.807) is 11.8 Å². The fraction of sp³-hybridized carbons (Fsp3) is 0.538. The van der Waals surface area contributed by atoms with Gasteiger partial charge in [-0.3, -0.25) is 19.5 Å². The maximum absolute atomic E-state index is 12.4. The Morgan fingerprint density at radius 3 is 2.62 bits per heavy atom. The molecule has 1 unspecified atom stereocenters. The standard InChI is InChI=1S/C13H19N5O3/c1-8-10(6-15-16-8)13(21)17-4-5-18(9(2)19)11(7-17)12(20)14-3/h6,11H,4-5,7H2,1-3H3,(H,14,20)(H,15,16). The lowest BCUT2D eigenvalue weighted by molar-refractivity contribution is -0.141. The Morgan fingerprint density at radius 1 is 1.38 bits per heavy atom. The number of rotatable bonds is 2. The summed E-state index contributed by atoms with van der Waals surface area (Å²) in [7, 11) is 1.52. The fourth-order valence-corrected chi connectivity index (χ4v) is 2.47. The number of aromatic nitrogens is 2.